The summed E-state index contributed by atoms with van der Waals surface area (Å²) >= 11 is 12.0. The predicted octanol–water partition coefficient (Wildman–Crippen LogP) is 5.12. The number of para-hydroxylation sites is 1. The number of likely N-dealkylation sites (tertiary alicyclic amines) is 1. The number of amides is 2. The standard InChI is InChI=1S/C20H20Cl2N2O2/c1-13-8-10-24(11-9-13)20(26)16-4-2-3-5-18(16)23-19(25)15-7-6-14(21)12-17(15)22/h2-7,12-13H,8-11H2,1H3,(H,23,25). The van der Waals surface area contributed by atoms with E-state index < -0.39 is 0 Å². The van der Waals surface area contributed by atoms with E-state index in [2.05, 4.69) is 12.2 Å². The van der Waals surface area contributed by atoms with Gasteiger partial charge in [-0.05, 0) is 49.1 Å². The average molecular weight is 391 g/mol. The van der Waals surface area contributed by atoms with Crippen molar-refractivity contribution < 1.29 is 9.59 Å². The second-order valence-electron chi connectivity index (χ2n) is 6.60. The van der Waals surface area contributed by atoms with Crippen molar-refractivity contribution in [2.75, 3.05) is 18.4 Å². The van der Waals surface area contributed by atoms with Crippen molar-refractivity contribution in [1.82, 2.24) is 4.90 Å². The summed E-state index contributed by atoms with van der Waals surface area (Å²) in [5, 5.41) is 3.53. The molecule has 1 aliphatic heterocycles. The third-order valence-electron chi connectivity index (χ3n) is 4.65. The van der Waals surface area contributed by atoms with E-state index in [-0.39, 0.29) is 16.8 Å². The van der Waals surface area contributed by atoms with Gasteiger partial charge >= 0.3 is 0 Å². The van der Waals surface area contributed by atoms with Gasteiger partial charge in [0.15, 0.2) is 0 Å². The van der Waals surface area contributed by atoms with Crippen LogP contribution < -0.4 is 5.32 Å². The summed E-state index contributed by atoms with van der Waals surface area (Å²) in [4.78, 5) is 27.3. The Kier molecular flexibility index (Phi) is 5.84. The highest BCUT2D eigenvalue weighted by Gasteiger charge is 2.24. The van der Waals surface area contributed by atoms with Crippen LogP contribution in [-0.4, -0.2) is 29.8 Å². The fourth-order valence-electron chi connectivity index (χ4n) is 3.02. The zero-order valence-electron chi connectivity index (χ0n) is 14.5. The van der Waals surface area contributed by atoms with E-state index in [9.17, 15) is 9.59 Å². The van der Waals surface area contributed by atoms with Gasteiger partial charge in [-0.3, -0.25) is 9.59 Å². The highest BCUT2D eigenvalue weighted by Crippen LogP contribution is 2.25. The SMILES string of the molecule is CC1CCN(C(=O)c2ccccc2NC(=O)c2ccc(Cl)cc2Cl)CC1. The molecule has 2 amide bonds. The minimum absolute atomic E-state index is 0.0602. The molecule has 1 heterocycles. The Morgan fingerprint density at radius 3 is 2.42 bits per heavy atom. The summed E-state index contributed by atoms with van der Waals surface area (Å²) in [5.41, 5.74) is 1.28. The minimum atomic E-state index is -0.376. The van der Waals surface area contributed by atoms with Crippen LogP contribution in [0.1, 0.15) is 40.5 Å². The number of carbonyl (C=O) groups is 2. The van der Waals surface area contributed by atoms with Gasteiger partial charge in [0.25, 0.3) is 11.8 Å². The van der Waals surface area contributed by atoms with Gasteiger partial charge in [0.2, 0.25) is 0 Å². The molecule has 136 valence electrons. The molecule has 0 aliphatic carbocycles. The lowest BCUT2D eigenvalue weighted by Gasteiger charge is -2.30. The number of anilines is 1. The molecule has 6 heteroatoms. The molecule has 1 fully saturated rings. The lowest BCUT2D eigenvalue weighted by Crippen LogP contribution is -2.38. The number of nitrogens with zero attached hydrogens (tertiary/aromatic N) is 1. The Hall–Kier alpha value is -2.04. The quantitative estimate of drug-likeness (QED) is 0.790. The molecule has 3 rings (SSSR count). The first-order valence-corrected chi connectivity index (χ1v) is 9.36. The Morgan fingerprint density at radius 2 is 1.73 bits per heavy atom. The van der Waals surface area contributed by atoms with Gasteiger partial charge in [0.05, 0.1) is 21.8 Å². The highest BCUT2D eigenvalue weighted by molar-refractivity contribution is 6.37. The van der Waals surface area contributed by atoms with Crippen molar-refractivity contribution >= 4 is 40.7 Å². The van der Waals surface area contributed by atoms with Gasteiger partial charge in [0, 0.05) is 18.1 Å². The number of nitrogens with one attached hydrogen (secondary N) is 1. The maximum absolute atomic E-state index is 12.9. The monoisotopic (exact) mass is 390 g/mol. The van der Waals surface area contributed by atoms with Crippen molar-refractivity contribution in [3.63, 3.8) is 0 Å². The van der Waals surface area contributed by atoms with E-state index in [1.807, 2.05) is 4.90 Å². The molecule has 0 saturated carbocycles. The van der Waals surface area contributed by atoms with Crippen LogP contribution in [0.5, 0.6) is 0 Å². The van der Waals surface area contributed by atoms with Crippen molar-refractivity contribution in [1.29, 1.82) is 0 Å². The topological polar surface area (TPSA) is 49.4 Å². The van der Waals surface area contributed by atoms with Crippen LogP contribution in [0.25, 0.3) is 0 Å². The molecule has 2 aromatic rings. The van der Waals surface area contributed by atoms with E-state index >= 15 is 0 Å². The zero-order chi connectivity index (χ0) is 18.7. The molecule has 0 unspecified atom stereocenters. The summed E-state index contributed by atoms with van der Waals surface area (Å²) in [6.07, 6.45) is 2.00. The summed E-state index contributed by atoms with van der Waals surface area (Å²) in [5.74, 6) is 0.204. The first-order chi connectivity index (χ1) is 12.5. The lowest BCUT2D eigenvalue weighted by molar-refractivity contribution is 0.0698. The second kappa shape index (κ2) is 8.11. The lowest BCUT2D eigenvalue weighted by atomic mass is 9.98. The molecule has 1 saturated heterocycles. The van der Waals surface area contributed by atoms with Gasteiger partial charge in [0.1, 0.15) is 0 Å². The number of halogens is 2. The Bertz CT molecular complexity index is 830. The van der Waals surface area contributed by atoms with Crippen LogP contribution in [0.2, 0.25) is 10.0 Å². The first-order valence-electron chi connectivity index (χ1n) is 8.60. The molecule has 26 heavy (non-hydrogen) atoms. The van der Waals surface area contributed by atoms with Crippen LogP contribution in [0, 0.1) is 5.92 Å². The number of carbonyl (C=O) groups excluding carboxylic acids is 2. The van der Waals surface area contributed by atoms with Crippen LogP contribution in [0.3, 0.4) is 0 Å². The molecule has 0 bridgehead atoms. The van der Waals surface area contributed by atoms with E-state index in [4.69, 9.17) is 23.2 Å². The normalized spacial score (nSPS) is 15.0. The third kappa shape index (κ3) is 4.19. The van der Waals surface area contributed by atoms with E-state index in [1.165, 1.54) is 6.07 Å². The summed E-state index contributed by atoms with van der Waals surface area (Å²) < 4.78 is 0. The molecule has 0 aromatic heterocycles. The highest BCUT2D eigenvalue weighted by atomic mass is 35.5. The smallest absolute Gasteiger partial charge is 0.257 e. The fourth-order valence-corrected chi connectivity index (χ4v) is 3.52. The molecule has 4 nitrogen and oxygen atoms in total. The van der Waals surface area contributed by atoms with E-state index in [0.29, 0.717) is 27.8 Å². The van der Waals surface area contributed by atoms with Crippen LogP contribution in [-0.2, 0) is 0 Å². The predicted molar refractivity (Wildman–Crippen MR) is 105 cm³/mol. The Labute approximate surface area is 163 Å². The fraction of sp³-hybridized carbons (Fsp3) is 0.300. The molecule has 1 aliphatic rings. The molecular weight excluding hydrogens is 371 g/mol. The Morgan fingerprint density at radius 1 is 1.04 bits per heavy atom. The first kappa shape index (κ1) is 18.7. The number of hydrogen-bond acceptors (Lipinski definition) is 2. The second-order valence-corrected chi connectivity index (χ2v) is 7.44. The molecule has 0 radical (unpaired) electrons. The summed E-state index contributed by atoms with van der Waals surface area (Å²) in [6, 6.07) is 11.7. The van der Waals surface area contributed by atoms with Crippen molar-refractivity contribution in [2.24, 2.45) is 5.92 Å². The Balaban J connectivity index is 1.81. The largest absolute Gasteiger partial charge is 0.339 e. The summed E-state index contributed by atoms with van der Waals surface area (Å²) in [6.45, 7) is 3.68. The van der Waals surface area contributed by atoms with Crippen molar-refractivity contribution in [2.45, 2.75) is 19.8 Å². The van der Waals surface area contributed by atoms with Gasteiger partial charge < -0.3 is 10.2 Å². The molecule has 0 spiro atoms. The van der Waals surface area contributed by atoms with Gasteiger partial charge in [-0.15, -0.1) is 0 Å². The maximum atomic E-state index is 12.9. The van der Waals surface area contributed by atoms with E-state index in [1.54, 1.807) is 36.4 Å². The molecule has 1 N–H and O–H groups in total. The summed E-state index contributed by atoms with van der Waals surface area (Å²) in [7, 11) is 0. The van der Waals surface area contributed by atoms with Crippen LogP contribution in [0.15, 0.2) is 42.5 Å². The van der Waals surface area contributed by atoms with E-state index in [0.717, 1.165) is 25.9 Å². The van der Waals surface area contributed by atoms with Crippen molar-refractivity contribution in [3.8, 4) is 0 Å². The maximum Gasteiger partial charge on any atom is 0.257 e. The van der Waals surface area contributed by atoms with Gasteiger partial charge in [-0.1, -0.05) is 42.3 Å². The minimum Gasteiger partial charge on any atom is -0.339 e. The van der Waals surface area contributed by atoms with Crippen molar-refractivity contribution in [3.05, 3.63) is 63.6 Å². The van der Waals surface area contributed by atoms with Gasteiger partial charge in [-0.25, -0.2) is 0 Å². The number of rotatable bonds is 3. The molecule has 2 aromatic carbocycles. The number of piperidine rings is 1. The third-order valence-corrected chi connectivity index (χ3v) is 5.20. The van der Waals surface area contributed by atoms with Crippen LogP contribution in [0.4, 0.5) is 5.69 Å². The zero-order valence-corrected chi connectivity index (χ0v) is 16.0. The van der Waals surface area contributed by atoms with Gasteiger partial charge in [-0.2, -0.15) is 0 Å². The number of benzene rings is 2. The average Bonchev–Trinajstić information content (AvgIpc) is 2.62. The van der Waals surface area contributed by atoms with Crippen LogP contribution >= 0.6 is 23.2 Å². The number of hydrogen-bond donors (Lipinski definition) is 1. The molecule has 0 atom stereocenters. The molecular formula is C20H20Cl2N2O2.